The number of rotatable bonds is 3. The van der Waals surface area contributed by atoms with Crippen molar-refractivity contribution in [2.24, 2.45) is 0 Å². The summed E-state index contributed by atoms with van der Waals surface area (Å²) in [5.74, 6) is 0.937. The molecule has 2 rings (SSSR count). The molecule has 1 aromatic heterocycles. The number of nitrogens with zero attached hydrogens (tertiary/aromatic N) is 1. The van der Waals surface area contributed by atoms with Crippen LogP contribution in [0.5, 0.6) is 11.6 Å². The zero-order chi connectivity index (χ0) is 13.1. The van der Waals surface area contributed by atoms with Crippen molar-refractivity contribution in [3.05, 3.63) is 52.1 Å². The smallest absolute Gasteiger partial charge is 0.219 e. The number of benzene rings is 1. The van der Waals surface area contributed by atoms with Gasteiger partial charge in [0.25, 0.3) is 0 Å². The van der Waals surface area contributed by atoms with Crippen molar-refractivity contribution in [1.29, 1.82) is 0 Å². The van der Waals surface area contributed by atoms with Crippen LogP contribution in [-0.4, -0.2) is 10.1 Å². The van der Waals surface area contributed by atoms with E-state index in [9.17, 15) is 5.11 Å². The molecular formula is C13H11Cl2NO2. The van der Waals surface area contributed by atoms with E-state index < -0.39 is 6.10 Å². The second-order valence-corrected chi connectivity index (χ2v) is 4.60. The molecule has 1 atom stereocenters. The van der Waals surface area contributed by atoms with E-state index in [0.29, 0.717) is 21.7 Å². The molecule has 1 N–H and O–H groups in total. The van der Waals surface area contributed by atoms with Crippen molar-refractivity contribution in [1.82, 2.24) is 4.98 Å². The fraction of sp³-hybridized carbons (Fsp3) is 0.154. The molecule has 0 bridgehead atoms. The summed E-state index contributed by atoms with van der Waals surface area (Å²) in [5, 5.41) is 10.4. The van der Waals surface area contributed by atoms with Crippen LogP contribution in [0.2, 0.25) is 10.0 Å². The molecule has 0 saturated carbocycles. The van der Waals surface area contributed by atoms with Gasteiger partial charge in [-0.2, -0.15) is 0 Å². The second-order valence-electron chi connectivity index (χ2n) is 3.78. The molecule has 1 heterocycles. The fourth-order valence-corrected chi connectivity index (χ4v) is 1.69. The highest BCUT2D eigenvalue weighted by molar-refractivity contribution is 6.42. The number of pyridine rings is 1. The van der Waals surface area contributed by atoms with Gasteiger partial charge in [0, 0.05) is 18.3 Å². The minimum atomic E-state index is -0.566. The van der Waals surface area contributed by atoms with Gasteiger partial charge in [-0.1, -0.05) is 23.2 Å². The summed E-state index contributed by atoms with van der Waals surface area (Å²) in [7, 11) is 0. The minimum absolute atomic E-state index is 0.395. The predicted octanol–water partition coefficient (Wildman–Crippen LogP) is 4.23. The summed E-state index contributed by atoms with van der Waals surface area (Å²) in [6, 6.07) is 8.36. The number of aliphatic hydroxyl groups excluding tert-OH is 1. The topological polar surface area (TPSA) is 42.4 Å². The van der Waals surface area contributed by atoms with Gasteiger partial charge in [-0.3, -0.25) is 0 Å². The van der Waals surface area contributed by atoms with Crippen LogP contribution in [0.3, 0.4) is 0 Å². The zero-order valence-electron chi connectivity index (χ0n) is 9.60. The van der Waals surface area contributed by atoms with E-state index in [2.05, 4.69) is 4.98 Å². The fourth-order valence-electron chi connectivity index (χ4n) is 1.40. The Morgan fingerprint density at radius 1 is 1.17 bits per heavy atom. The molecule has 0 amide bonds. The average Bonchev–Trinajstić information content (AvgIpc) is 2.34. The predicted molar refractivity (Wildman–Crippen MR) is 71.4 cm³/mol. The van der Waals surface area contributed by atoms with E-state index in [1.165, 1.54) is 0 Å². The molecule has 2 aromatic rings. The highest BCUT2D eigenvalue weighted by Gasteiger charge is 2.06. The molecule has 1 unspecified atom stereocenters. The molecular weight excluding hydrogens is 273 g/mol. The summed E-state index contributed by atoms with van der Waals surface area (Å²) in [6.07, 6.45) is 1.01. The molecule has 5 heteroatoms. The Kier molecular flexibility index (Phi) is 4.07. The van der Waals surface area contributed by atoms with E-state index in [-0.39, 0.29) is 0 Å². The van der Waals surface area contributed by atoms with Crippen molar-refractivity contribution in [3.63, 3.8) is 0 Å². The number of aromatic nitrogens is 1. The molecule has 0 aliphatic carbocycles. The van der Waals surface area contributed by atoms with E-state index in [1.807, 2.05) is 0 Å². The number of ether oxygens (including phenoxy) is 1. The molecule has 0 spiro atoms. The first-order chi connectivity index (χ1) is 8.56. The minimum Gasteiger partial charge on any atom is -0.439 e. The lowest BCUT2D eigenvalue weighted by atomic mass is 10.2. The van der Waals surface area contributed by atoms with Crippen LogP contribution < -0.4 is 4.74 Å². The van der Waals surface area contributed by atoms with Crippen LogP contribution in [-0.2, 0) is 0 Å². The van der Waals surface area contributed by atoms with Gasteiger partial charge in [0.2, 0.25) is 5.88 Å². The third kappa shape index (κ3) is 3.13. The van der Waals surface area contributed by atoms with E-state index in [1.54, 1.807) is 43.5 Å². The Balaban J connectivity index is 2.23. The molecule has 0 aliphatic rings. The van der Waals surface area contributed by atoms with E-state index in [4.69, 9.17) is 27.9 Å². The summed E-state index contributed by atoms with van der Waals surface area (Å²) < 4.78 is 5.54. The van der Waals surface area contributed by atoms with Gasteiger partial charge < -0.3 is 9.84 Å². The van der Waals surface area contributed by atoms with E-state index >= 15 is 0 Å². The SMILES string of the molecule is CC(O)c1ccnc(Oc2ccc(Cl)c(Cl)c2)c1. The Morgan fingerprint density at radius 2 is 1.94 bits per heavy atom. The molecule has 0 fully saturated rings. The normalized spacial score (nSPS) is 12.2. The number of aliphatic hydroxyl groups is 1. The third-order valence-corrected chi connectivity index (χ3v) is 3.09. The molecule has 3 nitrogen and oxygen atoms in total. The highest BCUT2D eigenvalue weighted by Crippen LogP contribution is 2.29. The van der Waals surface area contributed by atoms with Crippen molar-refractivity contribution >= 4 is 23.2 Å². The van der Waals surface area contributed by atoms with Gasteiger partial charge in [-0.15, -0.1) is 0 Å². The standard InChI is InChI=1S/C13H11Cl2NO2/c1-8(17)9-4-5-16-13(6-9)18-10-2-3-11(14)12(15)7-10/h2-8,17H,1H3. The highest BCUT2D eigenvalue weighted by atomic mass is 35.5. The van der Waals surface area contributed by atoms with Gasteiger partial charge in [0.05, 0.1) is 16.1 Å². The molecule has 0 aliphatic heterocycles. The Labute approximate surface area is 115 Å². The average molecular weight is 284 g/mol. The summed E-state index contributed by atoms with van der Waals surface area (Å²) >= 11 is 11.7. The second kappa shape index (κ2) is 5.57. The van der Waals surface area contributed by atoms with Crippen molar-refractivity contribution in [2.45, 2.75) is 13.0 Å². The zero-order valence-corrected chi connectivity index (χ0v) is 11.1. The quantitative estimate of drug-likeness (QED) is 0.916. The van der Waals surface area contributed by atoms with Crippen molar-refractivity contribution in [3.8, 4) is 11.6 Å². The van der Waals surface area contributed by atoms with Gasteiger partial charge in [-0.05, 0) is 30.7 Å². The van der Waals surface area contributed by atoms with Crippen molar-refractivity contribution < 1.29 is 9.84 Å². The lowest BCUT2D eigenvalue weighted by Crippen LogP contribution is -1.94. The third-order valence-electron chi connectivity index (χ3n) is 2.35. The molecule has 18 heavy (non-hydrogen) atoms. The maximum Gasteiger partial charge on any atom is 0.219 e. The van der Waals surface area contributed by atoms with Crippen LogP contribution in [0, 0.1) is 0 Å². The lowest BCUT2D eigenvalue weighted by molar-refractivity contribution is 0.198. The van der Waals surface area contributed by atoms with Gasteiger partial charge in [0.1, 0.15) is 5.75 Å². The Hall–Kier alpha value is -1.29. The summed E-state index contributed by atoms with van der Waals surface area (Å²) in [6.45, 7) is 1.68. The van der Waals surface area contributed by atoms with Crippen LogP contribution in [0.1, 0.15) is 18.6 Å². The molecule has 0 saturated heterocycles. The first kappa shape index (κ1) is 13.1. The van der Waals surface area contributed by atoms with Crippen LogP contribution in [0.25, 0.3) is 0 Å². The van der Waals surface area contributed by atoms with Gasteiger partial charge >= 0.3 is 0 Å². The van der Waals surface area contributed by atoms with Crippen LogP contribution in [0.15, 0.2) is 36.5 Å². The molecule has 0 radical (unpaired) electrons. The molecule has 1 aromatic carbocycles. The monoisotopic (exact) mass is 283 g/mol. The summed E-state index contributed by atoms with van der Waals surface area (Å²) in [4.78, 5) is 4.06. The lowest BCUT2D eigenvalue weighted by Gasteiger charge is -2.08. The maximum absolute atomic E-state index is 9.47. The van der Waals surface area contributed by atoms with Gasteiger partial charge in [-0.25, -0.2) is 4.98 Å². The maximum atomic E-state index is 9.47. The van der Waals surface area contributed by atoms with Crippen molar-refractivity contribution in [2.75, 3.05) is 0 Å². The first-order valence-corrected chi connectivity index (χ1v) is 6.09. The Bertz CT molecular complexity index is 558. The Morgan fingerprint density at radius 3 is 2.61 bits per heavy atom. The molecule has 94 valence electrons. The number of hydrogen-bond acceptors (Lipinski definition) is 3. The van der Waals surface area contributed by atoms with Crippen LogP contribution >= 0.6 is 23.2 Å². The number of halogens is 2. The largest absolute Gasteiger partial charge is 0.439 e. The summed E-state index contributed by atoms with van der Waals surface area (Å²) in [5.41, 5.74) is 0.736. The number of hydrogen-bond donors (Lipinski definition) is 1. The van der Waals surface area contributed by atoms with Crippen LogP contribution in [0.4, 0.5) is 0 Å². The first-order valence-electron chi connectivity index (χ1n) is 5.33. The van der Waals surface area contributed by atoms with Gasteiger partial charge in [0.15, 0.2) is 0 Å². The van der Waals surface area contributed by atoms with E-state index in [0.717, 1.165) is 5.56 Å².